The summed E-state index contributed by atoms with van der Waals surface area (Å²) in [6.07, 6.45) is 2.24. The second-order valence-corrected chi connectivity index (χ2v) is 3.86. The second kappa shape index (κ2) is 5.53. The van der Waals surface area contributed by atoms with Crippen molar-refractivity contribution in [2.75, 3.05) is 5.32 Å². The number of halogens is 2. The van der Waals surface area contributed by atoms with Crippen LogP contribution in [0.5, 0.6) is 0 Å². The summed E-state index contributed by atoms with van der Waals surface area (Å²) in [7, 11) is 0. The van der Waals surface area contributed by atoms with Crippen molar-refractivity contribution in [3.63, 3.8) is 0 Å². The van der Waals surface area contributed by atoms with E-state index in [0.717, 1.165) is 12.3 Å². The van der Waals surface area contributed by atoms with Gasteiger partial charge in [-0.3, -0.25) is 9.78 Å². The van der Waals surface area contributed by atoms with Crippen molar-refractivity contribution >= 4 is 11.6 Å². The smallest absolute Gasteiger partial charge is 0.257 e. The van der Waals surface area contributed by atoms with Crippen LogP contribution in [-0.2, 0) is 6.54 Å². The molecule has 0 unspecified atom stereocenters. The van der Waals surface area contributed by atoms with E-state index in [-0.39, 0.29) is 17.7 Å². The SMILES string of the molecule is NCc1cc(NC(=O)c2cncc(F)c2)ccc1F. The average Bonchev–Trinajstić information content (AvgIpc) is 2.41. The fourth-order valence-electron chi connectivity index (χ4n) is 1.55. The van der Waals surface area contributed by atoms with Gasteiger partial charge in [0.25, 0.3) is 5.91 Å². The van der Waals surface area contributed by atoms with Gasteiger partial charge in [0.2, 0.25) is 0 Å². The zero-order valence-electron chi connectivity index (χ0n) is 9.86. The Morgan fingerprint density at radius 3 is 2.74 bits per heavy atom. The molecule has 0 atom stereocenters. The van der Waals surface area contributed by atoms with Crippen LogP contribution in [0.4, 0.5) is 14.5 Å². The molecular formula is C13H11F2N3O. The predicted octanol–water partition coefficient (Wildman–Crippen LogP) is 2.07. The van der Waals surface area contributed by atoms with E-state index in [1.165, 1.54) is 24.4 Å². The maximum atomic E-state index is 13.2. The van der Waals surface area contributed by atoms with Crippen molar-refractivity contribution < 1.29 is 13.6 Å². The summed E-state index contributed by atoms with van der Waals surface area (Å²) in [4.78, 5) is 15.4. The second-order valence-electron chi connectivity index (χ2n) is 3.86. The van der Waals surface area contributed by atoms with E-state index in [9.17, 15) is 13.6 Å². The maximum Gasteiger partial charge on any atom is 0.257 e. The number of benzene rings is 1. The highest BCUT2D eigenvalue weighted by Gasteiger charge is 2.09. The Labute approximate surface area is 108 Å². The molecule has 0 bridgehead atoms. The summed E-state index contributed by atoms with van der Waals surface area (Å²) in [6.45, 7) is 0.0249. The topological polar surface area (TPSA) is 68.0 Å². The lowest BCUT2D eigenvalue weighted by molar-refractivity contribution is 0.102. The Balaban J connectivity index is 2.19. The zero-order chi connectivity index (χ0) is 13.8. The van der Waals surface area contributed by atoms with Crippen molar-refractivity contribution in [3.8, 4) is 0 Å². The van der Waals surface area contributed by atoms with Gasteiger partial charge >= 0.3 is 0 Å². The van der Waals surface area contributed by atoms with Gasteiger partial charge in [-0.1, -0.05) is 0 Å². The number of nitrogens with zero attached hydrogens (tertiary/aromatic N) is 1. The molecule has 98 valence electrons. The van der Waals surface area contributed by atoms with Crippen LogP contribution in [0.1, 0.15) is 15.9 Å². The molecule has 4 nitrogen and oxygen atoms in total. The van der Waals surface area contributed by atoms with E-state index in [2.05, 4.69) is 10.3 Å². The molecule has 0 saturated heterocycles. The lowest BCUT2D eigenvalue weighted by atomic mass is 10.2. The van der Waals surface area contributed by atoms with Gasteiger partial charge in [0.15, 0.2) is 0 Å². The van der Waals surface area contributed by atoms with E-state index in [0.29, 0.717) is 5.69 Å². The van der Waals surface area contributed by atoms with Gasteiger partial charge in [0, 0.05) is 24.0 Å². The van der Waals surface area contributed by atoms with Gasteiger partial charge < -0.3 is 11.1 Å². The third kappa shape index (κ3) is 3.11. The molecule has 0 spiro atoms. The summed E-state index contributed by atoms with van der Waals surface area (Å²) in [5.41, 5.74) is 6.12. The number of anilines is 1. The summed E-state index contributed by atoms with van der Waals surface area (Å²) in [5.74, 6) is -1.57. The molecule has 2 rings (SSSR count). The van der Waals surface area contributed by atoms with Gasteiger partial charge in [0.05, 0.1) is 11.8 Å². The third-order valence-corrected chi connectivity index (χ3v) is 2.49. The van der Waals surface area contributed by atoms with Crippen LogP contribution in [0.15, 0.2) is 36.7 Å². The quantitative estimate of drug-likeness (QED) is 0.890. The Morgan fingerprint density at radius 1 is 1.26 bits per heavy atom. The van der Waals surface area contributed by atoms with Crippen molar-refractivity contribution in [1.29, 1.82) is 0 Å². The summed E-state index contributed by atoms with van der Waals surface area (Å²) in [6, 6.07) is 5.11. The fourth-order valence-corrected chi connectivity index (χ4v) is 1.55. The minimum atomic E-state index is -0.602. The highest BCUT2D eigenvalue weighted by Crippen LogP contribution is 2.15. The molecule has 2 aromatic rings. The molecule has 0 saturated carbocycles. The first-order valence-corrected chi connectivity index (χ1v) is 5.50. The lowest BCUT2D eigenvalue weighted by Crippen LogP contribution is -2.13. The number of carbonyl (C=O) groups is 1. The largest absolute Gasteiger partial charge is 0.326 e. The minimum Gasteiger partial charge on any atom is -0.326 e. The molecule has 1 heterocycles. The van der Waals surface area contributed by atoms with Gasteiger partial charge in [-0.15, -0.1) is 0 Å². The van der Waals surface area contributed by atoms with Gasteiger partial charge in [-0.05, 0) is 24.3 Å². The third-order valence-electron chi connectivity index (χ3n) is 2.49. The molecule has 1 aromatic carbocycles. The van der Waals surface area contributed by atoms with Crippen LogP contribution in [-0.4, -0.2) is 10.9 Å². The van der Waals surface area contributed by atoms with Crippen LogP contribution in [0.2, 0.25) is 0 Å². The van der Waals surface area contributed by atoms with Crippen LogP contribution in [0, 0.1) is 11.6 Å². The fraction of sp³-hybridized carbons (Fsp3) is 0.0769. The summed E-state index contributed by atoms with van der Waals surface area (Å²) >= 11 is 0. The Morgan fingerprint density at radius 2 is 2.05 bits per heavy atom. The summed E-state index contributed by atoms with van der Waals surface area (Å²) < 4.78 is 26.2. The first-order valence-electron chi connectivity index (χ1n) is 5.50. The number of carbonyl (C=O) groups excluding carboxylic acids is 1. The van der Waals surface area contributed by atoms with E-state index in [4.69, 9.17) is 5.73 Å². The molecule has 1 aromatic heterocycles. The number of nitrogens with one attached hydrogen (secondary N) is 1. The average molecular weight is 263 g/mol. The van der Waals surface area contributed by atoms with Crippen molar-refractivity contribution in [1.82, 2.24) is 4.98 Å². The molecular weight excluding hydrogens is 252 g/mol. The number of hydrogen-bond acceptors (Lipinski definition) is 3. The lowest BCUT2D eigenvalue weighted by Gasteiger charge is -2.07. The van der Waals surface area contributed by atoms with Gasteiger partial charge in [0.1, 0.15) is 11.6 Å². The highest BCUT2D eigenvalue weighted by molar-refractivity contribution is 6.04. The molecule has 6 heteroatoms. The molecule has 3 N–H and O–H groups in total. The van der Waals surface area contributed by atoms with E-state index in [1.54, 1.807) is 0 Å². The van der Waals surface area contributed by atoms with Crippen LogP contribution < -0.4 is 11.1 Å². The van der Waals surface area contributed by atoms with Crippen molar-refractivity contribution in [2.24, 2.45) is 5.73 Å². The van der Waals surface area contributed by atoms with E-state index < -0.39 is 17.5 Å². The molecule has 0 fully saturated rings. The molecule has 0 aliphatic rings. The van der Waals surface area contributed by atoms with Crippen molar-refractivity contribution in [2.45, 2.75) is 6.54 Å². The number of nitrogens with two attached hydrogens (primary N) is 1. The van der Waals surface area contributed by atoms with E-state index >= 15 is 0 Å². The van der Waals surface area contributed by atoms with Crippen molar-refractivity contribution in [3.05, 3.63) is 59.4 Å². The Hall–Kier alpha value is -2.34. The summed E-state index contributed by atoms with van der Waals surface area (Å²) in [5, 5.41) is 2.52. The van der Waals surface area contributed by atoms with Gasteiger partial charge in [-0.2, -0.15) is 0 Å². The molecule has 0 aliphatic carbocycles. The predicted molar refractivity (Wildman–Crippen MR) is 66.4 cm³/mol. The van der Waals surface area contributed by atoms with Crippen LogP contribution in [0.3, 0.4) is 0 Å². The first-order chi connectivity index (χ1) is 9.10. The molecule has 1 amide bonds. The monoisotopic (exact) mass is 263 g/mol. The first kappa shape index (κ1) is 13.1. The van der Waals surface area contributed by atoms with Crippen LogP contribution >= 0.6 is 0 Å². The highest BCUT2D eigenvalue weighted by atomic mass is 19.1. The minimum absolute atomic E-state index is 0.0249. The molecule has 19 heavy (non-hydrogen) atoms. The maximum absolute atomic E-state index is 13.2. The zero-order valence-corrected chi connectivity index (χ0v) is 9.86. The Bertz CT molecular complexity index is 617. The number of rotatable bonds is 3. The van der Waals surface area contributed by atoms with Gasteiger partial charge in [-0.25, -0.2) is 8.78 Å². The number of hydrogen-bond donors (Lipinski definition) is 2. The normalized spacial score (nSPS) is 10.3. The number of aromatic nitrogens is 1. The standard InChI is InChI=1S/C13H11F2N3O/c14-10-3-9(6-17-7-10)13(19)18-11-1-2-12(15)8(4-11)5-16/h1-4,6-7H,5,16H2,(H,18,19). The molecule has 0 radical (unpaired) electrons. The number of amides is 1. The molecule has 0 aliphatic heterocycles. The van der Waals surface area contributed by atoms with Crippen LogP contribution in [0.25, 0.3) is 0 Å². The van der Waals surface area contributed by atoms with E-state index in [1.807, 2.05) is 0 Å². The number of pyridine rings is 1. The Kier molecular flexibility index (Phi) is 3.82.